The van der Waals surface area contributed by atoms with Crippen LogP contribution >= 0.6 is 11.6 Å². The number of piperidine rings is 1. The SMILES string of the molecule is CNS(=O)(=O)c1ccc2c(c1)[nH]c(=O)n2C1CCN(CC(=O)c2ccc(Cl)cc2)CC1. The highest BCUT2D eigenvalue weighted by Gasteiger charge is 2.25. The number of aromatic amines is 1. The number of carbonyl (C=O) groups excluding carboxylic acids is 1. The fourth-order valence-electron chi connectivity index (χ4n) is 4.02. The van der Waals surface area contributed by atoms with Crippen molar-refractivity contribution in [1.29, 1.82) is 0 Å². The van der Waals surface area contributed by atoms with Crippen LogP contribution < -0.4 is 10.4 Å². The number of nitrogens with zero attached hydrogens (tertiary/aromatic N) is 2. The number of aromatic nitrogens is 2. The highest BCUT2D eigenvalue weighted by atomic mass is 35.5. The molecule has 31 heavy (non-hydrogen) atoms. The Bertz CT molecular complexity index is 1270. The van der Waals surface area contributed by atoms with Gasteiger partial charge >= 0.3 is 5.69 Å². The van der Waals surface area contributed by atoms with E-state index in [9.17, 15) is 18.0 Å². The Kier molecular flexibility index (Phi) is 6.02. The molecular formula is C21H23ClN4O4S. The lowest BCUT2D eigenvalue weighted by molar-refractivity contribution is 0.0898. The van der Waals surface area contributed by atoms with Crippen molar-refractivity contribution in [2.45, 2.75) is 23.8 Å². The molecule has 2 N–H and O–H groups in total. The van der Waals surface area contributed by atoms with Crippen molar-refractivity contribution in [3.8, 4) is 0 Å². The number of rotatable bonds is 6. The number of ketones is 1. The lowest BCUT2D eigenvalue weighted by atomic mass is 10.0. The van der Waals surface area contributed by atoms with E-state index in [0.717, 1.165) is 12.8 Å². The van der Waals surface area contributed by atoms with Crippen LogP contribution in [0.2, 0.25) is 5.02 Å². The first-order chi connectivity index (χ1) is 14.8. The smallest absolute Gasteiger partial charge is 0.305 e. The number of imidazole rings is 1. The van der Waals surface area contributed by atoms with Crippen LogP contribution in [0.25, 0.3) is 11.0 Å². The quantitative estimate of drug-likeness (QED) is 0.547. The highest BCUT2D eigenvalue weighted by molar-refractivity contribution is 7.89. The number of nitrogens with one attached hydrogen (secondary N) is 2. The van der Waals surface area contributed by atoms with Crippen molar-refractivity contribution >= 4 is 38.4 Å². The molecule has 1 saturated heterocycles. The number of fused-ring (bicyclic) bond motifs is 1. The number of likely N-dealkylation sites (tertiary alicyclic amines) is 1. The summed E-state index contributed by atoms with van der Waals surface area (Å²) in [7, 11) is -2.24. The number of hydrogen-bond donors (Lipinski definition) is 2. The summed E-state index contributed by atoms with van der Waals surface area (Å²) in [6.45, 7) is 1.70. The van der Waals surface area contributed by atoms with Gasteiger partial charge in [-0.3, -0.25) is 14.3 Å². The molecule has 0 saturated carbocycles. The van der Waals surface area contributed by atoms with E-state index in [1.165, 1.54) is 19.2 Å². The Hall–Kier alpha value is -2.46. The van der Waals surface area contributed by atoms with Crippen LogP contribution in [0.4, 0.5) is 0 Å². The molecule has 10 heteroatoms. The standard InChI is InChI=1S/C21H23ClN4O4S/c1-23-31(29,30)17-6-7-19-18(12-17)24-21(28)26(19)16-8-10-25(11-9-16)13-20(27)14-2-4-15(22)5-3-14/h2-7,12,16,23H,8-11,13H2,1H3,(H,24,28). The first kappa shape index (κ1) is 21.8. The summed E-state index contributed by atoms with van der Waals surface area (Å²) < 4.78 is 28.0. The topological polar surface area (TPSA) is 104 Å². The summed E-state index contributed by atoms with van der Waals surface area (Å²) >= 11 is 5.88. The molecule has 0 bridgehead atoms. The number of benzene rings is 2. The Morgan fingerprint density at radius 3 is 2.48 bits per heavy atom. The average molecular weight is 463 g/mol. The van der Waals surface area contributed by atoms with Gasteiger partial charge in [0.25, 0.3) is 0 Å². The normalized spacial score (nSPS) is 16.1. The van der Waals surface area contributed by atoms with Crippen LogP contribution in [0.15, 0.2) is 52.2 Å². The third-order valence-electron chi connectivity index (χ3n) is 5.72. The second-order valence-corrected chi connectivity index (χ2v) is 9.95. The molecule has 2 heterocycles. The van der Waals surface area contributed by atoms with Gasteiger partial charge in [0.2, 0.25) is 10.0 Å². The van der Waals surface area contributed by atoms with Crippen LogP contribution in [-0.2, 0) is 10.0 Å². The summed E-state index contributed by atoms with van der Waals surface area (Å²) in [6, 6.07) is 11.5. The number of hydrogen-bond acceptors (Lipinski definition) is 5. The zero-order valence-electron chi connectivity index (χ0n) is 17.0. The highest BCUT2D eigenvalue weighted by Crippen LogP contribution is 2.26. The second kappa shape index (κ2) is 8.58. The number of H-pyrrole nitrogens is 1. The van der Waals surface area contributed by atoms with Crippen LogP contribution in [-0.4, -0.2) is 55.3 Å². The third-order valence-corrected chi connectivity index (χ3v) is 7.39. The monoisotopic (exact) mass is 462 g/mol. The fraction of sp³-hybridized carbons (Fsp3) is 0.333. The molecule has 0 spiro atoms. The number of sulfonamides is 1. The predicted molar refractivity (Wildman–Crippen MR) is 119 cm³/mol. The largest absolute Gasteiger partial charge is 0.326 e. The van der Waals surface area contributed by atoms with Gasteiger partial charge in [-0.25, -0.2) is 17.9 Å². The van der Waals surface area contributed by atoms with Crippen molar-refractivity contribution in [1.82, 2.24) is 19.2 Å². The number of carbonyl (C=O) groups is 1. The van der Waals surface area contributed by atoms with Crippen molar-refractivity contribution < 1.29 is 13.2 Å². The van der Waals surface area contributed by atoms with Gasteiger partial charge in [-0.05, 0) is 62.4 Å². The van der Waals surface area contributed by atoms with Crippen LogP contribution in [0.5, 0.6) is 0 Å². The maximum Gasteiger partial charge on any atom is 0.326 e. The van der Waals surface area contributed by atoms with Crippen molar-refractivity contribution in [2.75, 3.05) is 26.7 Å². The van der Waals surface area contributed by atoms with E-state index >= 15 is 0 Å². The molecule has 0 atom stereocenters. The summed E-state index contributed by atoms with van der Waals surface area (Å²) in [4.78, 5) is 30.1. The van der Waals surface area contributed by atoms with Crippen LogP contribution in [0.3, 0.4) is 0 Å². The van der Waals surface area contributed by atoms with Crippen LogP contribution in [0.1, 0.15) is 29.2 Å². The molecule has 0 unspecified atom stereocenters. The summed E-state index contributed by atoms with van der Waals surface area (Å²) in [6.07, 6.45) is 1.44. The summed E-state index contributed by atoms with van der Waals surface area (Å²) in [5.41, 5.74) is 1.54. The third kappa shape index (κ3) is 4.45. The Morgan fingerprint density at radius 2 is 1.84 bits per heavy atom. The zero-order valence-corrected chi connectivity index (χ0v) is 18.5. The minimum atomic E-state index is -3.59. The lowest BCUT2D eigenvalue weighted by Gasteiger charge is -2.32. The molecule has 1 fully saturated rings. The van der Waals surface area contributed by atoms with E-state index in [1.807, 2.05) is 0 Å². The number of halogens is 1. The molecule has 1 aliphatic rings. The van der Waals surface area contributed by atoms with E-state index in [0.29, 0.717) is 41.3 Å². The Balaban J connectivity index is 1.47. The van der Waals surface area contributed by atoms with Gasteiger partial charge in [0.1, 0.15) is 0 Å². The van der Waals surface area contributed by atoms with Gasteiger partial charge in [0.05, 0.1) is 22.5 Å². The first-order valence-electron chi connectivity index (χ1n) is 9.97. The van der Waals surface area contributed by atoms with E-state index in [2.05, 4.69) is 14.6 Å². The summed E-state index contributed by atoms with van der Waals surface area (Å²) in [5.74, 6) is 0.0395. The lowest BCUT2D eigenvalue weighted by Crippen LogP contribution is -2.39. The van der Waals surface area contributed by atoms with E-state index in [1.54, 1.807) is 34.9 Å². The second-order valence-electron chi connectivity index (χ2n) is 7.62. The molecule has 8 nitrogen and oxygen atoms in total. The zero-order chi connectivity index (χ0) is 22.2. The van der Waals surface area contributed by atoms with Gasteiger partial charge in [0.15, 0.2) is 5.78 Å². The fourth-order valence-corrected chi connectivity index (χ4v) is 4.91. The summed E-state index contributed by atoms with van der Waals surface area (Å²) in [5, 5.41) is 0.595. The van der Waals surface area contributed by atoms with Gasteiger partial charge in [-0.15, -0.1) is 0 Å². The maximum atomic E-state index is 12.6. The maximum absolute atomic E-state index is 12.6. The number of Topliss-reactive ketones (excluding diaryl/α,β-unsaturated/α-hetero) is 1. The van der Waals surface area contributed by atoms with E-state index in [-0.39, 0.29) is 22.4 Å². The molecular weight excluding hydrogens is 440 g/mol. The van der Waals surface area contributed by atoms with Gasteiger partial charge < -0.3 is 4.98 Å². The first-order valence-corrected chi connectivity index (χ1v) is 11.8. The molecule has 0 aliphatic carbocycles. The van der Waals surface area contributed by atoms with Crippen molar-refractivity contribution in [3.63, 3.8) is 0 Å². The van der Waals surface area contributed by atoms with Crippen molar-refractivity contribution in [3.05, 3.63) is 63.5 Å². The van der Waals surface area contributed by atoms with Gasteiger partial charge in [-0.2, -0.15) is 0 Å². The minimum Gasteiger partial charge on any atom is -0.305 e. The molecule has 2 aromatic carbocycles. The minimum absolute atomic E-state index is 0.0186. The molecule has 0 amide bonds. The Labute approximate surface area is 184 Å². The van der Waals surface area contributed by atoms with Crippen molar-refractivity contribution in [2.24, 2.45) is 0 Å². The molecule has 164 valence electrons. The van der Waals surface area contributed by atoms with Gasteiger partial charge in [-0.1, -0.05) is 11.6 Å². The predicted octanol–water partition coefficient (Wildman–Crippen LogP) is 2.41. The molecule has 1 aromatic heterocycles. The average Bonchev–Trinajstić information content (AvgIpc) is 3.09. The van der Waals surface area contributed by atoms with Crippen LogP contribution in [0, 0.1) is 0 Å². The molecule has 3 aromatic rings. The van der Waals surface area contributed by atoms with E-state index in [4.69, 9.17) is 11.6 Å². The molecule has 0 radical (unpaired) electrons. The van der Waals surface area contributed by atoms with E-state index < -0.39 is 10.0 Å². The molecule has 4 rings (SSSR count). The molecule has 1 aliphatic heterocycles. The Morgan fingerprint density at radius 1 is 1.16 bits per heavy atom. The van der Waals surface area contributed by atoms with Gasteiger partial charge in [0, 0.05) is 29.7 Å².